The van der Waals surface area contributed by atoms with E-state index in [0.717, 1.165) is 23.5 Å². The second kappa shape index (κ2) is 8.23. The number of amides is 1. The lowest BCUT2D eigenvalue weighted by molar-refractivity contribution is -0.130. The molecular formula is C21H24F2N4O3. The molecule has 1 amide bonds. The fraction of sp³-hybridized carbons (Fsp3) is 0.476. The van der Waals surface area contributed by atoms with Gasteiger partial charge in [0.2, 0.25) is 11.9 Å². The summed E-state index contributed by atoms with van der Waals surface area (Å²) in [4.78, 5) is 23.6. The van der Waals surface area contributed by atoms with Crippen LogP contribution >= 0.6 is 0 Å². The standard InChI is InChI=1S/C21H24F2N4O3/c1-13-7-14(2)26-20(25-13)27-5-6-30-21(11-27)9-18(29-12-21)19(28)24-10-15-3-4-16(22)8-17(15)23/h3-4,7-8,18H,5-6,9-12H2,1-2H3,(H,24,28). The van der Waals surface area contributed by atoms with E-state index in [0.29, 0.717) is 32.1 Å². The number of morpholine rings is 1. The first-order valence-corrected chi connectivity index (χ1v) is 9.88. The first-order valence-electron chi connectivity index (χ1n) is 9.88. The van der Waals surface area contributed by atoms with Crippen LogP contribution in [0.15, 0.2) is 24.3 Å². The predicted molar refractivity (Wildman–Crippen MR) is 105 cm³/mol. The number of nitrogens with zero attached hydrogens (tertiary/aromatic N) is 3. The summed E-state index contributed by atoms with van der Waals surface area (Å²) in [6.07, 6.45) is -0.319. The average molecular weight is 418 g/mol. The summed E-state index contributed by atoms with van der Waals surface area (Å²) in [5.41, 5.74) is 1.38. The Morgan fingerprint density at radius 2 is 2.03 bits per heavy atom. The predicted octanol–water partition coefficient (Wildman–Crippen LogP) is 2.05. The molecule has 9 heteroatoms. The van der Waals surface area contributed by atoms with Crippen LogP contribution in [0.25, 0.3) is 0 Å². The normalized spacial score (nSPS) is 23.7. The molecule has 2 unspecified atom stereocenters. The molecule has 7 nitrogen and oxygen atoms in total. The second-order valence-corrected chi connectivity index (χ2v) is 7.86. The monoisotopic (exact) mass is 418 g/mol. The molecule has 2 aromatic rings. The topological polar surface area (TPSA) is 76.6 Å². The van der Waals surface area contributed by atoms with Crippen molar-refractivity contribution in [3.8, 4) is 0 Å². The number of ether oxygens (including phenoxy) is 2. The fourth-order valence-corrected chi connectivity index (χ4v) is 3.91. The maximum atomic E-state index is 13.8. The molecule has 160 valence electrons. The Bertz CT molecular complexity index is 938. The number of aromatic nitrogens is 2. The lowest BCUT2D eigenvalue weighted by Gasteiger charge is -2.39. The van der Waals surface area contributed by atoms with Gasteiger partial charge in [-0.15, -0.1) is 0 Å². The van der Waals surface area contributed by atoms with Gasteiger partial charge in [0.1, 0.15) is 23.3 Å². The van der Waals surface area contributed by atoms with E-state index in [2.05, 4.69) is 20.2 Å². The van der Waals surface area contributed by atoms with Crippen LogP contribution in [0.2, 0.25) is 0 Å². The summed E-state index contributed by atoms with van der Waals surface area (Å²) in [5, 5.41) is 2.66. The van der Waals surface area contributed by atoms with Gasteiger partial charge < -0.3 is 19.7 Å². The molecule has 2 saturated heterocycles. The maximum Gasteiger partial charge on any atom is 0.249 e. The summed E-state index contributed by atoms with van der Waals surface area (Å²) in [6, 6.07) is 5.18. The summed E-state index contributed by atoms with van der Waals surface area (Å²) >= 11 is 0. The molecule has 2 atom stereocenters. The molecule has 0 saturated carbocycles. The largest absolute Gasteiger partial charge is 0.369 e. The Morgan fingerprint density at radius 3 is 2.77 bits per heavy atom. The van der Waals surface area contributed by atoms with E-state index in [4.69, 9.17) is 9.47 Å². The molecule has 2 fully saturated rings. The summed E-state index contributed by atoms with van der Waals surface area (Å²) in [7, 11) is 0. The van der Waals surface area contributed by atoms with Crippen molar-refractivity contribution in [1.29, 1.82) is 0 Å². The lowest BCUT2D eigenvalue weighted by Crippen LogP contribution is -2.53. The van der Waals surface area contributed by atoms with Crippen molar-refractivity contribution in [3.05, 3.63) is 52.9 Å². The summed E-state index contributed by atoms with van der Waals surface area (Å²) in [6.45, 7) is 5.75. The molecule has 1 aromatic carbocycles. The number of anilines is 1. The number of benzene rings is 1. The highest BCUT2D eigenvalue weighted by atomic mass is 19.1. The van der Waals surface area contributed by atoms with Gasteiger partial charge in [0, 0.05) is 42.5 Å². The number of rotatable bonds is 4. The average Bonchev–Trinajstić information content (AvgIpc) is 3.09. The molecule has 0 bridgehead atoms. The Hall–Kier alpha value is -2.65. The third-order valence-electron chi connectivity index (χ3n) is 5.37. The maximum absolute atomic E-state index is 13.8. The van der Waals surface area contributed by atoms with Gasteiger partial charge in [0.15, 0.2) is 0 Å². The smallest absolute Gasteiger partial charge is 0.249 e. The number of hydrogen-bond donors (Lipinski definition) is 1. The Kier molecular flexibility index (Phi) is 5.66. The Morgan fingerprint density at radius 1 is 1.27 bits per heavy atom. The van der Waals surface area contributed by atoms with E-state index in [9.17, 15) is 13.6 Å². The minimum absolute atomic E-state index is 0.0405. The molecule has 4 rings (SSSR count). The van der Waals surface area contributed by atoms with Crippen LogP contribution in [0.3, 0.4) is 0 Å². The Labute approximate surface area is 173 Å². The molecular weight excluding hydrogens is 394 g/mol. The highest BCUT2D eigenvalue weighted by Gasteiger charge is 2.47. The van der Waals surface area contributed by atoms with Crippen molar-refractivity contribution in [2.24, 2.45) is 0 Å². The van der Waals surface area contributed by atoms with E-state index in [1.54, 1.807) is 0 Å². The zero-order chi connectivity index (χ0) is 21.3. The van der Waals surface area contributed by atoms with Crippen LogP contribution in [0, 0.1) is 25.5 Å². The number of halogens is 2. The van der Waals surface area contributed by atoms with E-state index >= 15 is 0 Å². The van der Waals surface area contributed by atoms with Crippen molar-refractivity contribution in [2.75, 3.05) is 31.2 Å². The zero-order valence-electron chi connectivity index (χ0n) is 17.0. The third kappa shape index (κ3) is 4.41. The van der Waals surface area contributed by atoms with Gasteiger partial charge in [-0.1, -0.05) is 6.07 Å². The molecule has 1 spiro atoms. The van der Waals surface area contributed by atoms with Crippen molar-refractivity contribution in [2.45, 2.75) is 38.5 Å². The van der Waals surface area contributed by atoms with Gasteiger partial charge in [-0.2, -0.15) is 0 Å². The minimum Gasteiger partial charge on any atom is -0.369 e. The number of hydrogen-bond acceptors (Lipinski definition) is 6. The molecule has 1 N–H and O–H groups in total. The summed E-state index contributed by atoms with van der Waals surface area (Å²) in [5.74, 6) is -1.05. The quantitative estimate of drug-likeness (QED) is 0.819. The van der Waals surface area contributed by atoms with Crippen molar-refractivity contribution < 1.29 is 23.0 Å². The van der Waals surface area contributed by atoms with Crippen LogP contribution in [0.5, 0.6) is 0 Å². The first-order chi connectivity index (χ1) is 14.3. The van der Waals surface area contributed by atoms with Gasteiger partial charge in [0.25, 0.3) is 0 Å². The lowest BCUT2D eigenvalue weighted by atomic mass is 9.97. The number of nitrogens with one attached hydrogen (secondary N) is 1. The first kappa shape index (κ1) is 20.6. The highest BCUT2D eigenvalue weighted by molar-refractivity contribution is 5.81. The highest BCUT2D eigenvalue weighted by Crippen LogP contribution is 2.32. The van der Waals surface area contributed by atoms with Crippen molar-refractivity contribution in [3.63, 3.8) is 0 Å². The zero-order valence-corrected chi connectivity index (χ0v) is 17.0. The van der Waals surface area contributed by atoms with Crippen LogP contribution in [-0.2, 0) is 20.8 Å². The molecule has 0 radical (unpaired) electrons. The molecule has 2 aliphatic heterocycles. The second-order valence-electron chi connectivity index (χ2n) is 7.86. The van der Waals surface area contributed by atoms with Crippen molar-refractivity contribution >= 4 is 11.9 Å². The van der Waals surface area contributed by atoms with Crippen LogP contribution in [0.1, 0.15) is 23.4 Å². The van der Waals surface area contributed by atoms with E-state index < -0.39 is 23.3 Å². The molecule has 1 aromatic heterocycles. The molecule has 0 aliphatic carbocycles. The van der Waals surface area contributed by atoms with E-state index in [1.807, 2.05) is 19.9 Å². The third-order valence-corrected chi connectivity index (χ3v) is 5.37. The Balaban J connectivity index is 1.38. The van der Waals surface area contributed by atoms with Gasteiger partial charge in [-0.3, -0.25) is 4.79 Å². The molecule has 30 heavy (non-hydrogen) atoms. The van der Waals surface area contributed by atoms with Gasteiger partial charge in [-0.05, 0) is 26.0 Å². The van der Waals surface area contributed by atoms with Crippen LogP contribution in [-0.4, -0.2) is 53.9 Å². The number of aryl methyl sites for hydroxylation is 2. The van der Waals surface area contributed by atoms with Gasteiger partial charge >= 0.3 is 0 Å². The van der Waals surface area contributed by atoms with E-state index in [1.165, 1.54) is 6.07 Å². The number of carbonyl (C=O) groups excluding carboxylic acids is 1. The van der Waals surface area contributed by atoms with Gasteiger partial charge in [-0.25, -0.2) is 18.7 Å². The van der Waals surface area contributed by atoms with Gasteiger partial charge in [0.05, 0.1) is 19.8 Å². The van der Waals surface area contributed by atoms with Crippen LogP contribution < -0.4 is 10.2 Å². The molecule has 3 heterocycles. The summed E-state index contributed by atoms with van der Waals surface area (Å²) < 4.78 is 38.5. The minimum atomic E-state index is -0.700. The molecule has 2 aliphatic rings. The SMILES string of the molecule is Cc1cc(C)nc(N2CCOC3(COC(C(=O)NCc4ccc(F)cc4F)C3)C2)n1. The van der Waals surface area contributed by atoms with Crippen LogP contribution in [0.4, 0.5) is 14.7 Å². The number of carbonyl (C=O) groups is 1. The van der Waals surface area contributed by atoms with Crippen molar-refractivity contribution in [1.82, 2.24) is 15.3 Å². The van der Waals surface area contributed by atoms with E-state index in [-0.39, 0.29) is 24.6 Å². The fourth-order valence-electron chi connectivity index (χ4n) is 3.91.